The van der Waals surface area contributed by atoms with Crippen LogP contribution in [0.3, 0.4) is 0 Å². The number of amides is 3. The molecule has 10 nitrogen and oxygen atoms in total. The van der Waals surface area contributed by atoms with Gasteiger partial charge in [0, 0.05) is 36.8 Å². The molecule has 3 unspecified atom stereocenters. The number of hydrogen-bond donors (Lipinski definition) is 5. The molecule has 1 aromatic heterocycles. The quantitative estimate of drug-likeness (QED) is 0.286. The molecule has 0 fully saturated rings. The van der Waals surface area contributed by atoms with E-state index >= 15 is 0 Å². The van der Waals surface area contributed by atoms with Gasteiger partial charge in [0.2, 0.25) is 17.7 Å². The maximum atomic E-state index is 13.7. The lowest BCUT2D eigenvalue weighted by Gasteiger charge is -2.33. The number of halogens is 1. The number of rotatable bonds is 2. The van der Waals surface area contributed by atoms with Crippen LogP contribution in [0.25, 0.3) is 10.9 Å². The first kappa shape index (κ1) is 38.2. The number of nitrogens with one attached hydrogen (secondary N) is 4. The maximum absolute atomic E-state index is 13.7. The van der Waals surface area contributed by atoms with E-state index in [0.717, 1.165) is 5.56 Å². The zero-order chi connectivity index (χ0) is 34.2. The minimum absolute atomic E-state index is 0.0803. The van der Waals surface area contributed by atoms with Crippen LogP contribution in [0, 0.1) is 18.7 Å². The number of aliphatic hydroxyl groups is 1. The zero-order valence-electron chi connectivity index (χ0n) is 28.3. The number of hydrogen-bond acceptors (Lipinski definition) is 6. The Morgan fingerprint density at radius 2 is 1.72 bits per heavy atom. The largest absolute Gasteiger partial charge is 0.493 e. The van der Waals surface area contributed by atoms with E-state index in [1.165, 1.54) is 47.5 Å². The summed E-state index contributed by atoms with van der Waals surface area (Å²) >= 11 is 0. The molecule has 4 rings (SSSR count). The predicted molar refractivity (Wildman–Crippen MR) is 180 cm³/mol. The number of benzene rings is 2. The molecule has 0 bridgehead atoms. The number of aromatic nitrogens is 1. The molecule has 0 spiro atoms. The van der Waals surface area contributed by atoms with Gasteiger partial charge in [-0.2, -0.15) is 0 Å². The van der Waals surface area contributed by atoms with Gasteiger partial charge < -0.3 is 35.7 Å². The van der Waals surface area contributed by atoms with Gasteiger partial charge in [-0.25, -0.2) is 4.39 Å². The number of carbonyl (C=O) groups excluding carboxylic acids is 3. The molecule has 0 radical (unpaired) electrons. The second kappa shape index (κ2) is 19.5. The number of aryl methyl sites for hydroxylation is 2. The molecule has 2 aromatic carbocycles. The van der Waals surface area contributed by atoms with Crippen LogP contribution in [0.1, 0.15) is 58.6 Å². The fourth-order valence-corrected chi connectivity index (χ4v) is 5.12. The summed E-state index contributed by atoms with van der Waals surface area (Å²) in [4.78, 5) is 42.5. The average Bonchev–Trinajstić information content (AvgIpc) is 3.41. The van der Waals surface area contributed by atoms with Crippen LogP contribution < -0.4 is 20.7 Å². The molecule has 1 aliphatic rings. The Bertz CT molecular complexity index is 1390. The van der Waals surface area contributed by atoms with Crippen molar-refractivity contribution in [3.8, 4) is 5.75 Å². The van der Waals surface area contributed by atoms with Gasteiger partial charge in [0.05, 0.1) is 25.3 Å². The number of aromatic amines is 1. The highest BCUT2D eigenvalue weighted by molar-refractivity contribution is 5.92. The number of aliphatic hydroxyl groups excluding tert-OH is 1. The van der Waals surface area contributed by atoms with Gasteiger partial charge >= 0.3 is 0 Å². The van der Waals surface area contributed by atoms with Gasteiger partial charge in [0.1, 0.15) is 17.6 Å². The number of fused-ring (bicyclic) bond motifs is 2. The molecule has 3 aromatic rings. The van der Waals surface area contributed by atoms with Crippen molar-refractivity contribution >= 4 is 28.6 Å². The first-order valence-corrected chi connectivity index (χ1v) is 16.2. The molecule has 1 aliphatic heterocycles. The van der Waals surface area contributed by atoms with Crippen molar-refractivity contribution in [2.24, 2.45) is 5.92 Å². The lowest BCUT2D eigenvalue weighted by atomic mass is 10.0. The Kier molecular flexibility index (Phi) is 16.2. The fourth-order valence-electron chi connectivity index (χ4n) is 5.12. The standard InChI is InChI=1S/C24H37FN4O5.C9H9N.C2H6/c1-15(2)21-24(33)29(4)22(16(3)30)23(32)28-14-20(31)26-10-5-7-17-8-9-18(25)13-19(17)34-12-6-11-27-21;1-7-6-10-9-5-3-2-4-8(7)9;1-2/h8-9,13,15-16,21-22,27,30H,5-7,10-12,14H2,1-4H3,(H,26,31)(H,28,32);2-6,10H,1H3;1-2H3. The summed E-state index contributed by atoms with van der Waals surface area (Å²) in [5, 5.41) is 20.0. The molecule has 3 amide bonds. The highest BCUT2D eigenvalue weighted by Gasteiger charge is 2.35. The van der Waals surface area contributed by atoms with Crippen molar-refractivity contribution in [1.82, 2.24) is 25.8 Å². The normalized spacial score (nSPS) is 19.4. The first-order chi connectivity index (χ1) is 22.0. The van der Waals surface area contributed by atoms with Crippen LogP contribution in [-0.4, -0.2) is 84.2 Å². The summed E-state index contributed by atoms with van der Waals surface area (Å²) < 4.78 is 19.6. The molecular weight excluding hydrogens is 589 g/mol. The van der Waals surface area contributed by atoms with Gasteiger partial charge in [-0.3, -0.25) is 14.4 Å². The Labute approximate surface area is 272 Å². The summed E-state index contributed by atoms with van der Waals surface area (Å²) in [6.45, 7) is 12.2. The second-order valence-electron chi connectivity index (χ2n) is 11.5. The predicted octanol–water partition coefficient (Wildman–Crippen LogP) is 4.10. The van der Waals surface area contributed by atoms with Crippen LogP contribution in [0.4, 0.5) is 4.39 Å². The lowest BCUT2D eigenvalue weighted by Crippen LogP contribution is -2.58. The van der Waals surface area contributed by atoms with E-state index in [2.05, 4.69) is 46.1 Å². The third-order valence-electron chi connectivity index (χ3n) is 7.56. The van der Waals surface area contributed by atoms with E-state index in [-0.39, 0.29) is 30.1 Å². The molecule has 254 valence electrons. The van der Waals surface area contributed by atoms with Crippen molar-refractivity contribution < 1.29 is 28.6 Å². The fraction of sp³-hybridized carbons (Fsp3) is 0.514. The molecule has 3 atom stereocenters. The molecule has 0 saturated carbocycles. The van der Waals surface area contributed by atoms with Crippen molar-refractivity contribution in [3.63, 3.8) is 0 Å². The van der Waals surface area contributed by atoms with Crippen molar-refractivity contribution in [1.29, 1.82) is 0 Å². The minimum Gasteiger partial charge on any atom is -0.493 e. The Morgan fingerprint density at radius 1 is 1.00 bits per heavy atom. The van der Waals surface area contributed by atoms with Crippen molar-refractivity contribution in [3.05, 3.63) is 65.6 Å². The monoisotopic (exact) mass is 641 g/mol. The first-order valence-electron chi connectivity index (χ1n) is 16.2. The SMILES string of the molecule is CC.CC(C)C1NCCCOc2cc(F)ccc2CCCNC(=O)CNC(=O)C(C(C)O)N(C)C1=O.Cc1c[nH]c2ccccc12. The number of H-pyrrole nitrogens is 1. The Morgan fingerprint density at radius 3 is 2.39 bits per heavy atom. The average molecular weight is 642 g/mol. The third-order valence-corrected chi connectivity index (χ3v) is 7.56. The second-order valence-corrected chi connectivity index (χ2v) is 11.5. The number of nitrogens with zero attached hydrogens (tertiary/aromatic N) is 1. The summed E-state index contributed by atoms with van der Waals surface area (Å²) in [5.41, 5.74) is 3.38. The van der Waals surface area contributed by atoms with E-state index in [1.807, 2.05) is 40.0 Å². The molecule has 5 N–H and O–H groups in total. The van der Waals surface area contributed by atoms with E-state index in [9.17, 15) is 23.9 Å². The number of likely N-dealkylation sites (N-methyl/N-ethyl adjacent to an activating group) is 1. The van der Waals surface area contributed by atoms with Gasteiger partial charge in [-0.05, 0) is 68.8 Å². The van der Waals surface area contributed by atoms with E-state index in [0.29, 0.717) is 44.7 Å². The van der Waals surface area contributed by atoms with Gasteiger partial charge in [0.15, 0.2) is 0 Å². The van der Waals surface area contributed by atoms with Gasteiger partial charge in [0.25, 0.3) is 0 Å². The summed E-state index contributed by atoms with van der Waals surface area (Å²) in [6.07, 6.45) is 2.66. The number of para-hydroxylation sites is 1. The molecule has 0 saturated heterocycles. The van der Waals surface area contributed by atoms with E-state index < -0.39 is 24.1 Å². The van der Waals surface area contributed by atoms with Crippen LogP contribution in [0.15, 0.2) is 48.7 Å². The van der Waals surface area contributed by atoms with Crippen LogP contribution in [0.5, 0.6) is 5.75 Å². The molecule has 11 heteroatoms. The van der Waals surface area contributed by atoms with Gasteiger partial charge in [-0.15, -0.1) is 0 Å². The maximum Gasteiger partial charge on any atom is 0.245 e. The summed E-state index contributed by atoms with van der Waals surface area (Å²) in [5.74, 6) is -1.34. The highest BCUT2D eigenvalue weighted by Crippen LogP contribution is 2.22. The van der Waals surface area contributed by atoms with Gasteiger partial charge in [-0.1, -0.05) is 52.0 Å². The van der Waals surface area contributed by atoms with Crippen LogP contribution >= 0.6 is 0 Å². The lowest BCUT2D eigenvalue weighted by molar-refractivity contribution is -0.145. The van der Waals surface area contributed by atoms with Crippen molar-refractivity contribution in [2.75, 3.05) is 33.3 Å². The molecular formula is C35H52FN5O5. The van der Waals surface area contributed by atoms with E-state index in [4.69, 9.17) is 4.74 Å². The van der Waals surface area contributed by atoms with E-state index in [1.54, 1.807) is 6.07 Å². The number of ether oxygens (including phenoxy) is 1. The van der Waals surface area contributed by atoms with Crippen LogP contribution in [0.2, 0.25) is 0 Å². The topological polar surface area (TPSA) is 136 Å². The summed E-state index contributed by atoms with van der Waals surface area (Å²) in [7, 11) is 1.47. The zero-order valence-corrected chi connectivity index (χ0v) is 28.3. The summed E-state index contributed by atoms with van der Waals surface area (Å²) in [6, 6.07) is 11.0. The molecule has 2 heterocycles. The Hall–Kier alpha value is -3.96. The van der Waals surface area contributed by atoms with Crippen molar-refractivity contribution in [2.45, 2.75) is 79.0 Å². The molecule has 46 heavy (non-hydrogen) atoms. The smallest absolute Gasteiger partial charge is 0.245 e. The van der Waals surface area contributed by atoms with Crippen LogP contribution in [-0.2, 0) is 20.8 Å². The number of carbonyl (C=O) groups is 3. The highest BCUT2D eigenvalue weighted by atomic mass is 19.1. The molecule has 0 aliphatic carbocycles. The minimum atomic E-state index is -1.14. The Balaban J connectivity index is 0.000000508. The third kappa shape index (κ3) is 11.4.